The summed E-state index contributed by atoms with van der Waals surface area (Å²) in [4.78, 5) is 0. The summed E-state index contributed by atoms with van der Waals surface area (Å²) in [6.45, 7) is 5.88. The summed E-state index contributed by atoms with van der Waals surface area (Å²) in [5.74, 6) is 0.277. The second-order valence-corrected chi connectivity index (χ2v) is 5.09. The smallest absolute Gasteiger partial charge is 0.118 e. The fourth-order valence-corrected chi connectivity index (χ4v) is 2.68. The van der Waals surface area contributed by atoms with Crippen LogP contribution in [0, 0.1) is 5.92 Å². The molecule has 0 aromatic rings. The van der Waals surface area contributed by atoms with Gasteiger partial charge in [-0.2, -0.15) is 0 Å². The monoisotopic (exact) mass is 186 g/mol. The lowest BCUT2D eigenvalue weighted by atomic mass is 9.66. The molecule has 0 spiro atoms. The van der Waals surface area contributed by atoms with Crippen LogP contribution in [-0.2, 0) is 4.74 Å². The number of ether oxygens (including phenoxy) is 1. The molecular formula is C10H18O3. The summed E-state index contributed by atoms with van der Waals surface area (Å²) < 4.78 is 5.78. The second-order valence-electron chi connectivity index (χ2n) is 5.09. The van der Waals surface area contributed by atoms with Crippen LogP contribution in [0.1, 0.15) is 33.6 Å². The van der Waals surface area contributed by atoms with E-state index >= 15 is 0 Å². The molecule has 2 heterocycles. The molecule has 3 nitrogen and oxygen atoms in total. The van der Waals surface area contributed by atoms with Gasteiger partial charge in [-0.05, 0) is 39.5 Å². The Morgan fingerprint density at radius 3 is 1.92 bits per heavy atom. The minimum absolute atomic E-state index is 0.201. The Hall–Kier alpha value is -0.120. The fourth-order valence-electron chi connectivity index (χ4n) is 2.68. The molecule has 3 fully saturated rings. The fraction of sp³-hybridized carbons (Fsp3) is 1.00. The van der Waals surface area contributed by atoms with Crippen molar-refractivity contribution in [2.75, 3.05) is 0 Å². The summed E-state index contributed by atoms with van der Waals surface area (Å²) in [6.07, 6.45) is 0.463. The third-order valence-corrected chi connectivity index (χ3v) is 3.80. The van der Waals surface area contributed by atoms with Gasteiger partial charge in [-0.1, -0.05) is 0 Å². The van der Waals surface area contributed by atoms with E-state index in [9.17, 15) is 10.2 Å². The highest BCUT2D eigenvalue weighted by molar-refractivity contribution is 5.07. The van der Waals surface area contributed by atoms with Gasteiger partial charge >= 0.3 is 0 Å². The van der Waals surface area contributed by atoms with Gasteiger partial charge in [0.25, 0.3) is 0 Å². The van der Waals surface area contributed by atoms with E-state index in [-0.39, 0.29) is 11.5 Å². The topological polar surface area (TPSA) is 49.7 Å². The number of aliphatic hydroxyl groups excluding tert-OH is 2. The molecule has 1 aliphatic carbocycles. The van der Waals surface area contributed by atoms with Crippen LogP contribution in [0.4, 0.5) is 0 Å². The van der Waals surface area contributed by atoms with Gasteiger partial charge in [0.2, 0.25) is 0 Å². The van der Waals surface area contributed by atoms with Crippen molar-refractivity contribution in [2.45, 2.75) is 57.0 Å². The quantitative estimate of drug-likeness (QED) is 0.585. The SMILES string of the molecule is CC1(C)OC2(C)[C@H](O)CC1C[C@H]2O. The lowest BCUT2D eigenvalue weighted by Gasteiger charge is -2.58. The molecule has 3 aliphatic rings. The van der Waals surface area contributed by atoms with Gasteiger partial charge in [0.1, 0.15) is 5.60 Å². The molecule has 0 aromatic carbocycles. The first kappa shape index (κ1) is 9.44. The van der Waals surface area contributed by atoms with Crippen molar-refractivity contribution in [1.82, 2.24) is 0 Å². The molecule has 2 saturated heterocycles. The van der Waals surface area contributed by atoms with E-state index in [1.165, 1.54) is 0 Å². The normalized spacial score (nSPS) is 53.8. The molecule has 2 bridgehead atoms. The number of hydrogen-bond donors (Lipinski definition) is 2. The largest absolute Gasteiger partial charge is 0.390 e. The van der Waals surface area contributed by atoms with E-state index in [2.05, 4.69) is 0 Å². The zero-order valence-corrected chi connectivity index (χ0v) is 8.45. The summed E-state index contributed by atoms with van der Waals surface area (Å²) in [5.41, 5.74) is -0.953. The molecule has 0 amide bonds. The van der Waals surface area contributed by atoms with E-state index < -0.39 is 17.8 Å². The highest BCUT2D eigenvalue weighted by Crippen LogP contribution is 2.49. The maximum Gasteiger partial charge on any atom is 0.118 e. The summed E-state index contributed by atoms with van der Waals surface area (Å²) in [6, 6.07) is 0. The molecule has 1 saturated carbocycles. The Balaban J connectivity index is 2.32. The second kappa shape index (κ2) is 2.47. The van der Waals surface area contributed by atoms with Crippen LogP contribution in [0.2, 0.25) is 0 Å². The van der Waals surface area contributed by atoms with Gasteiger partial charge in [0.05, 0.1) is 17.8 Å². The minimum atomic E-state index is -0.752. The van der Waals surface area contributed by atoms with Gasteiger partial charge in [-0.15, -0.1) is 0 Å². The summed E-state index contributed by atoms with van der Waals surface area (Å²) in [5, 5.41) is 19.6. The highest BCUT2D eigenvalue weighted by Gasteiger charge is 2.58. The molecule has 0 unspecified atom stereocenters. The molecule has 13 heavy (non-hydrogen) atoms. The van der Waals surface area contributed by atoms with E-state index in [4.69, 9.17) is 4.74 Å². The third kappa shape index (κ3) is 1.14. The highest BCUT2D eigenvalue weighted by atomic mass is 16.6. The molecule has 0 radical (unpaired) electrons. The zero-order chi connectivity index (χ0) is 9.85. The van der Waals surface area contributed by atoms with Crippen LogP contribution in [-0.4, -0.2) is 33.6 Å². The molecule has 2 N–H and O–H groups in total. The van der Waals surface area contributed by atoms with Gasteiger partial charge in [-0.3, -0.25) is 0 Å². The first-order valence-corrected chi connectivity index (χ1v) is 4.92. The first-order chi connectivity index (χ1) is 5.86. The van der Waals surface area contributed by atoms with Crippen molar-refractivity contribution in [3.05, 3.63) is 0 Å². The van der Waals surface area contributed by atoms with Gasteiger partial charge in [0.15, 0.2) is 0 Å². The molecular weight excluding hydrogens is 168 g/mol. The Morgan fingerprint density at radius 1 is 1.08 bits per heavy atom. The van der Waals surface area contributed by atoms with E-state index in [1.54, 1.807) is 6.92 Å². The average molecular weight is 186 g/mol. The lowest BCUT2D eigenvalue weighted by molar-refractivity contribution is -0.311. The van der Waals surface area contributed by atoms with E-state index in [0.29, 0.717) is 0 Å². The molecule has 0 aromatic heterocycles. The minimum Gasteiger partial charge on any atom is -0.390 e. The number of fused-ring (bicyclic) bond motifs is 3. The molecule has 2 aliphatic heterocycles. The van der Waals surface area contributed by atoms with Gasteiger partial charge in [0, 0.05) is 0 Å². The van der Waals surface area contributed by atoms with Crippen LogP contribution >= 0.6 is 0 Å². The molecule has 3 rings (SSSR count). The van der Waals surface area contributed by atoms with Gasteiger partial charge < -0.3 is 14.9 Å². The Bertz CT molecular complexity index is 212. The molecule has 2 atom stereocenters. The van der Waals surface area contributed by atoms with Crippen molar-refractivity contribution in [3.8, 4) is 0 Å². The van der Waals surface area contributed by atoms with Crippen LogP contribution in [0.15, 0.2) is 0 Å². The summed E-state index contributed by atoms with van der Waals surface area (Å²) in [7, 11) is 0. The molecule has 3 heteroatoms. The summed E-state index contributed by atoms with van der Waals surface area (Å²) >= 11 is 0. The molecule has 76 valence electrons. The third-order valence-electron chi connectivity index (χ3n) is 3.80. The number of hydrogen-bond acceptors (Lipinski definition) is 3. The van der Waals surface area contributed by atoms with E-state index in [0.717, 1.165) is 12.8 Å². The maximum absolute atomic E-state index is 9.78. The van der Waals surface area contributed by atoms with Crippen molar-refractivity contribution in [3.63, 3.8) is 0 Å². The van der Waals surface area contributed by atoms with Crippen LogP contribution in [0.3, 0.4) is 0 Å². The van der Waals surface area contributed by atoms with Crippen LogP contribution < -0.4 is 0 Å². The van der Waals surface area contributed by atoms with Crippen molar-refractivity contribution in [2.24, 2.45) is 5.92 Å². The lowest BCUT2D eigenvalue weighted by Crippen LogP contribution is -2.67. The van der Waals surface area contributed by atoms with Crippen LogP contribution in [0.25, 0.3) is 0 Å². The maximum atomic E-state index is 9.78. The predicted molar refractivity (Wildman–Crippen MR) is 48.3 cm³/mol. The standard InChI is InChI=1S/C10H18O3/c1-9(2)6-4-7(11)10(3,13-9)8(12)5-6/h6-8,11-12H,4-5H2,1-3H3/t6?,7-,8-,10?/m1/s1. The zero-order valence-electron chi connectivity index (χ0n) is 8.45. The number of rotatable bonds is 0. The average Bonchev–Trinajstić information content (AvgIpc) is 1.96. The Labute approximate surface area is 78.7 Å². The van der Waals surface area contributed by atoms with E-state index in [1.807, 2.05) is 13.8 Å². The first-order valence-electron chi connectivity index (χ1n) is 4.92. The Kier molecular flexibility index (Phi) is 1.79. The Morgan fingerprint density at radius 2 is 1.54 bits per heavy atom. The number of aliphatic hydroxyl groups is 2. The van der Waals surface area contributed by atoms with Crippen molar-refractivity contribution >= 4 is 0 Å². The van der Waals surface area contributed by atoms with Gasteiger partial charge in [-0.25, -0.2) is 0 Å². The van der Waals surface area contributed by atoms with Crippen molar-refractivity contribution < 1.29 is 14.9 Å². The van der Waals surface area contributed by atoms with Crippen LogP contribution in [0.5, 0.6) is 0 Å². The van der Waals surface area contributed by atoms with Crippen molar-refractivity contribution in [1.29, 1.82) is 0 Å². The predicted octanol–water partition coefficient (Wildman–Crippen LogP) is 0.686.